The first-order chi connectivity index (χ1) is 35.0. The van der Waals surface area contributed by atoms with Crippen molar-refractivity contribution < 1.29 is 28.6 Å². The number of esters is 3. The van der Waals surface area contributed by atoms with Crippen LogP contribution in [0.25, 0.3) is 0 Å². The Kier molecular flexibility index (Phi) is 56.3. The number of ether oxygens (including phenoxy) is 3. The van der Waals surface area contributed by atoms with Gasteiger partial charge in [0.05, 0.1) is 0 Å². The van der Waals surface area contributed by atoms with Crippen LogP contribution in [0.3, 0.4) is 0 Å². The van der Waals surface area contributed by atoms with Crippen LogP contribution in [0.4, 0.5) is 0 Å². The molecule has 0 aliphatic carbocycles. The van der Waals surface area contributed by atoms with Gasteiger partial charge in [-0.3, -0.25) is 14.4 Å². The van der Waals surface area contributed by atoms with E-state index in [0.29, 0.717) is 19.3 Å². The number of hydrogen-bond donors (Lipinski definition) is 0. The van der Waals surface area contributed by atoms with Gasteiger partial charge >= 0.3 is 17.9 Å². The first kappa shape index (κ1) is 67.6. The summed E-state index contributed by atoms with van der Waals surface area (Å²) in [4.78, 5) is 38.2. The van der Waals surface area contributed by atoms with Crippen molar-refractivity contribution in [3.63, 3.8) is 0 Å². The zero-order valence-electron chi connectivity index (χ0n) is 46.7. The summed E-state index contributed by atoms with van der Waals surface area (Å²) in [6.07, 6.45) is 77.4. The molecular formula is C65H112O6. The zero-order chi connectivity index (χ0) is 51.4. The molecule has 0 unspecified atom stereocenters. The summed E-state index contributed by atoms with van der Waals surface area (Å²) in [6.45, 7) is 6.47. The van der Waals surface area contributed by atoms with E-state index < -0.39 is 6.10 Å². The molecule has 0 spiro atoms. The van der Waals surface area contributed by atoms with E-state index in [1.165, 1.54) is 154 Å². The molecule has 0 aromatic rings. The van der Waals surface area contributed by atoms with E-state index in [-0.39, 0.29) is 37.5 Å². The standard InChI is InChI=1S/C65H112O6/c1-4-7-10-13-16-19-22-25-27-29-31-32-34-36-38-41-44-47-50-53-56-59-65(68)71-62(60-69-63(66)57-54-51-48-45-42-39-24-21-18-15-12-9-6-3)61-70-64(67)58-55-52-49-46-43-40-37-35-33-30-28-26-23-20-17-14-11-8-5-2/h8,11,17,20-21,24,26,28,33,35,40,43,49,52,62H,4-7,9-10,12-16,18-19,22-23,25,27,29-32,34,36-39,41-42,44-48,50-51,53-61H2,1-3H3/b11-8-,20-17-,24-21-,28-26-,35-33-,43-40-,52-49-/t62-/m0/s1. The Morgan fingerprint density at radius 1 is 0.296 bits per heavy atom. The van der Waals surface area contributed by atoms with Crippen molar-refractivity contribution in [3.05, 3.63) is 85.1 Å². The van der Waals surface area contributed by atoms with E-state index >= 15 is 0 Å². The molecule has 0 aromatic carbocycles. The third-order valence-corrected chi connectivity index (χ3v) is 12.9. The molecule has 0 fully saturated rings. The lowest BCUT2D eigenvalue weighted by atomic mass is 10.0. The summed E-state index contributed by atoms with van der Waals surface area (Å²) in [5.41, 5.74) is 0. The second-order valence-electron chi connectivity index (χ2n) is 19.9. The summed E-state index contributed by atoms with van der Waals surface area (Å²) in [5, 5.41) is 0. The van der Waals surface area contributed by atoms with Crippen LogP contribution in [0.5, 0.6) is 0 Å². The van der Waals surface area contributed by atoms with Crippen molar-refractivity contribution in [1.82, 2.24) is 0 Å². The fraction of sp³-hybridized carbons (Fsp3) is 0.738. The number of unbranched alkanes of at least 4 members (excludes halogenated alkanes) is 29. The predicted octanol–water partition coefficient (Wildman–Crippen LogP) is 20.3. The minimum absolute atomic E-state index is 0.102. The molecule has 0 saturated carbocycles. The topological polar surface area (TPSA) is 78.9 Å². The number of hydrogen-bond acceptors (Lipinski definition) is 6. The van der Waals surface area contributed by atoms with Crippen LogP contribution < -0.4 is 0 Å². The van der Waals surface area contributed by atoms with Crippen molar-refractivity contribution in [2.75, 3.05) is 13.2 Å². The molecule has 0 saturated heterocycles. The van der Waals surface area contributed by atoms with Gasteiger partial charge in [0.25, 0.3) is 0 Å². The normalized spacial score (nSPS) is 12.7. The van der Waals surface area contributed by atoms with Crippen molar-refractivity contribution in [2.24, 2.45) is 0 Å². The van der Waals surface area contributed by atoms with Gasteiger partial charge in [-0.15, -0.1) is 0 Å². The van der Waals surface area contributed by atoms with Gasteiger partial charge < -0.3 is 14.2 Å². The molecular weight excluding hydrogens is 877 g/mol. The molecule has 0 amide bonds. The minimum atomic E-state index is -0.809. The van der Waals surface area contributed by atoms with Gasteiger partial charge in [0.2, 0.25) is 0 Å². The molecule has 71 heavy (non-hydrogen) atoms. The van der Waals surface area contributed by atoms with Crippen LogP contribution in [0.15, 0.2) is 85.1 Å². The Morgan fingerprint density at radius 2 is 0.577 bits per heavy atom. The Morgan fingerprint density at radius 3 is 0.958 bits per heavy atom. The Bertz CT molecular complexity index is 1370. The summed E-state index contributed by atoms with van der Waals surface area (Å²) in [6, 6.07) is 0. The highest BCUT2D eigenvalue weighted by atomic mass is 16.6. The summed E-state index contributed by atoms with van der Waals surface area (Å²) in [7, 11) is 0. The van der Waals surface area contributed by atoms with Crippen molar-refractivity contribution in [3.8, 4) is 0 Å². The number of carbonyl (C=O) groups is 3. The highest BCUT2D eigenvalue weighted by molar-refractivity contribution is 5.71. The van der Waals surface area contributed by atoms with E-state index in [4.69, 9.17) is 14.2 Å². The van der Waals surface area contributed by atoms with Gasteiger partial charge in [0.15, 0.2) is 6.10 Å². The van der Waals surface area contributed by atoms with E-state index in [0.717, 1.165) is 89.9 Å². The molecule has 0 heterocycles. The fourth-order valence-corrected chi connectivity index (χ4v) is 8.41. The van der Waals surface area contributed by atoms with Gasteiger partial charge in [-0.05, 0) is 83.5 Å². The molecule has 1 atom stereocenters. The third kappa shape index (κ3) is 57.4. The lowest BCUT2D eigenvalue weighted by molar-refractivity contribution is -0.166. The Hall–Kier alpha value is -3.41. The number of allylic oxidation sites excluding steroid dienone is 14. The smallest absolute Gasteiger partial charge is 0.306 e. The summed E-state index contributed by atoms with van der Waals surface area (Å²) < 4.78 is 16.8. The highest BCUT2D eigenvalue weighted by Crippen LogP contribution is 2.16. The lowest BCUT2D eigenvalue weighted by Gasteiger charge is -2.18. The second-order valence-corrected chi connectivity index (χ2v) is 19.9. The Labute approximate surface area is 439 Å². The molecule has 0 bridgehead atoms. The van der Waals surface area contributed by atoms with Gasteiger partial charge in [-0.25, -0.2) is 0 Å². The average molecular weight is 990 g/mol. The molecule has 0 aliphatic rings. The molecule has 0 rings (SSSR count). The zero-order valence-corrected chi connectivity index (χ0v) is 46.7. The number of rotatable bonds is 54. The first-order valence-corrected chi connectivity index (χ1v) is 30.1. The maximum Gasteiger partial charge on any atom is 0.306 e. The number of carbonyl (C=O) groups excluding carboxylic acids is 3. The summed E-state index contributed by atoms with van der Waals surface area (Å²) in [5.74, 6) is -0.988. The lowest BCUT2D eigenvalue weighted by Crippen LogP contribution is -2.30. The van der Waals surface area contributed by atoms with Crippen molar-refractivity contribution in [1.29, 1.82) is 0 Å². The predicted molar refractivity (Wildman–Crippen MR) is 307 cm³/mol. The van der Waals surface area contributed by atoms with E-state index in [1.807, 2.05) is 6.08 Å². The van der Waals surface area contributed by atoms with E-state index in [1.54, 1.807) is 0 Å². The Balaban J connectivity index is 4.43. The van der Waals surface area contributed by atoms with E-state index in [9.17, 15) is 14.4 Å². The van der Waals surface area contributed by atoms with Gasteiger partial charge in [-0.1, -0.05) is 273 Å². The van der Waals surface area contributed by atoms with Crippen LogP contribution in [0.2, 0.25) is 0 Å². The van der Waals surface area contributed by atoms with Crippen LogP contribution in [-0.2, 0) is 28.6 Å². The second kappa shape index (κ2) is 59.2. The molecule has 408 valence electrons. The largest absolute Gasteiger partial charge is 0.462 e. The van der Waals surface area contributed by atoms with Gasteiger partial charge in [0, 0.05) is 19.3 Å². The average Bonchev–Trinajstić information content (AvgIpc) is 3.37. The van der Waals surface area contributed by atoms with Gasteiger partial charge in [0.1, 0.15) is 13.2 Å². The highest BCUT2D eigenvalue weighted by Gasteiger charge is 2.19. The SMILES string of the molecule is CC/C=C\C/C=C\C/C=C\C/C=C\C/C=C\C/C=C\CCC(=O)OC[C@H](COC(=O)CCCCCCC/C=C\CCCCCC)OC(=O)CCCCCCCCCCCCCCCCCCCCCCC. The van der Waals surface area contributed by atoms with Crippen LogP contribution in [0, 0.1) is 0 Å². The van der Waals surface area contributed by atoms with Crippen LogP contribution in [-0.4, -0.2) is 37.2 Å². The molecule has 0 aromatic heterocycles. The molecule has 6 nitrogen and oxygen atoms in total. The minimum Gasteiger partial charge on any atom is -0.462 e. The maximum absolute atomic E-state index is 12.9. The van der Waals surface area contributed by atoms with Crippen molar-refractivity contribution in [2.45, 2.75) is 297 Å². The van der Waals surface area contributed by atoms with E-state index in [2.05, 4.69) is 99.8 Å². The van der Waals surface area contributed by atoms with Gasteiger partial charge in [-0.2, -0.15) is 0 Å². The van der Waals surface area contributed by atoms with Crippen LogP contribution in [0.1, 0.15) is 290 Å². The summed E-state index contributed by atoms with van der Waals surface area (Å²) >= 11 is 0. The first-order valence-electron chi connectivity index (χ1n) is 30.1. The van der Waals surface area contributed by atoms with Crippen molar-refractivity contribution >= 4 is 17.9 Å². The third-order valence-electron chi connectivity index (χ3n) is 12.9. The molecule has 6 heteroatoms. The van der Waals surface area contributed by atoms with Crippen LogP contribution >= 0.6 is 0 Å². The molecule has 0 aliphatic heterocycles. The fourth-order valence-electron chi connectivity index (χ4n) is 8.41. The monoisotopic (exact) mass is 989 g/mol. The molecule has 0 N–H and O–H groups in total. The molecule has 0 radical (unpaired) electrons. The quantitative estimate of drug-likeness (QED) is 0.0261. The maximum atomic E-state index is 12.9.